The summed E-state index contributed by atoms with van der Waals surface area (Å²) in [5, 5.41) is 2.85. The molecule has 134 valence electrons. The summed E-state index contributed by atoms with van der Waals surface area (Å²) in [6, 6.07) is 5.13. The second-order valence-electron chi connectivity index (χ2n) is 5.27. The van der Waals surface area contributed by atoms with Crippen LogP contribution in [0.15, 0.2) is 18.2 Å². The van der Waals surface area contributed by atoms with E-state index in [-0.39, 0.29) is 24.2 Å². The van der Waals surface area contributed by atoms with Crippen molar-refractivity contribution in [1.82, 2.24) is 15.1 Å². The van der Waals surface area contributed by atoms with Crippen molar-refractivity contribution in [3.8, 4) is 11.5 Å². The molecule has 1 aliphatic heterocycles. The monoisotopic (exact) mass is 357 g/mol. The highest BCUT2D eigenvalue weighted by Gasteiger charge is 2.25. The molecule has 0 radical (unpaired) electrons. The first-order valence-electron chi connectivity index (χ1n) is 7.54. The number of likely N-dealkylation sites (N-methyl/N-ethyl adjacent to an activating group) is 1. The number of methoxy groups -OCH3 is 2. The van der Waals surface area contributed by atoms with Crippen LogP contribution in [0.1, 0.15) is 10.4 Å². The molecule has 0 bridgehead atoms. The minimum Gasteiger partial charge on any atom is -0.493 e. The fourth-order valence-corrected chi connectivity index (χ4v) is 2.57. The van der Waals surface area contributed by atoms with Gasteiger partial charge in [-0.15, -0.1) is 12.4 Å². The molecule has 1 aliphatic rings. The number of carbonyl (C=O) groups excluding carboxylic acids is 2. The standard InChI is InChI=1S/C16H23N3O4.ClH/c1-17-11-15(20)18-6-8-19(9-7-18)16(21)12-4-5-13(22-2)14(10-12)23-3;/h4-5,10,17H,6-9,11H2,1-3H3;1H. The van der Waals surface area contributed by atoms with Crippen LogP contribution in [0, 0.1) is 0 Å². The number of halogens is 1. The van der Waals surface area contributed by atoms with Crippen LogP contribution in [-0.2, 0) is 4.79 Å². The number of nitrogens with one attached hydrogen (secondary N) is 1. The fraction of sp³-hybridized carbons (Fsp3) is 0.500. The van der Waals surface area contributed by atoms with Crippen LogP contribution in [0.5, 0.6) is 11.5 Å². The van der Waals surface area contributed by atoms with Gasteiger partial charge in [-0.05, 0) is 25.2 Å². The zero-order valence-corrected chi connectivity index (χ0v) is 15.0. The lowest BCUT2D eigenvalue weighted by atomic mass is 10.1. The van der Waals surface area contributed by atoms with E-state index in [4.69, 9.17) is 9.47 Å². The van der Waals surface area contributed by atoms with Crippen LogP contribution < -0.4 is 14.8 Å². The third-order valence-corrected chi connectivity index (χ3v) is 3.88. The largest absolute Gasteiger partial charge is 0.493 e. The maximum atomic E-state index is 12.6. The zero-order valence-electron chi connectivity index (χ0n) is 14.2. The molecule has 1 aromatic carbocycles. The molecule has 1 saturated heterocycles. The van der Waals surface area contributed by atoms with E-state index in [1.807, 2.05) is 0 Å². The van der Waals surface area contributed by atoms with Gasteiger partial charge in [0.15, 0.2) is 11.5 Å². The van der Waals surface area contributed by atoms with Gasteiger partial charge < -0.3 is 24.6 Å². The molecule has 24 heavy (non-hydrogen) atoms. The Kier molecular flexibility index (Phi) is 7.81. The van der Waals surface area contributed by atoms with Crippen LogP contribution >= 0.6 is 12.4 Å². The average molecular weight is 358 g/mol. The van der Waals surface area contributed by atoms with Crippen LogP contribution in [0.3, 0.4) is 0 Å². The summed E-state index contributed by atoms with van der Waals surface area (Å²) in [5.74, 6) is 1.12. The van der Waals surface area contributed by atoms with Gasteiger partial charge in [0.05, 0.1) is 20.8 Å². The molecule has 7 nitrogen and oxygen atoms in total. The summed E-state index contributed by atoms with van der Waals surface area (Å²) in [5.41, 5.74) is 0.553. The molecule has 0 aromatic heterocycles. The summed E-state index contributed by atoms with van der Waals surface area (Å²) in [4.78, 5) is 27.9. The Labute approximate surface area is 148 Å². The van der Waals surface area contributed by atoms with E-state index in [1.54, 1.807) is 42.2 Å². The average Bonchev–Trinajstić information content (AvgIpc) is 2.60. The van der Waals surface area contributed by atoms with Gasteiger partial charge in [0, 0.05) is 31.7 Å². The Morgan fingerprint density at radius 2 is 1.62 bits per heavy atom. The van der Waals surface area contributed by atoms with Crippen molar-refractivity contribution in [1.29, 1.82) is 0 Å². The Morgan fingerprint density at radius 3 is 2.17 bits per heavy atom. The highest BCUT2D eigenvalue weighted by Crippen LogP contribution is 2.28. The molecule has 1 fully saturated rings. The molecule has 0 aliphatic carbocycles. The highest BCUT2D eigenvalue weighted by molar-refractivity contribution is 5.95. The molecule has 0 spiro atoms. The van der Waals surface area contributed by atoms with E-state index in [0.29, 0.717) is 49.8 Å². The number of nitrogens with zero attached hydrogens (tertiary/aromatic N) is 2. The molecule has 8 heteroatoms. The summed E-state index contributed by atoms with van der Waals surface area (Å²) in [6.45, 7) is 2.49. The lowest BCUT2D eigenvalue weighted by Crippen LogP contribution is -2.52. The number of amides is 2. The van der Waals surface area contributed by atoms with Gasteiger partial charge in [0.2, 0.25) is 5.91 Å². The number of hydrogen-bond acceptors (Lipinski definition) is 5. The molecule has 2 amide bonds. The molecule has 0 saturated carbocycles. The van der Waals surface area contributed by atoms with Crippen LogP contribution in [0.25, 0.3) is 0 Å². The van der Waals surface area contributed by atoms with E-state index in [2.05, 4.69) is 5.32 Å². The first-order chi connectivity index (χ1) is 11.1. The first kappa shape index (κ1) is 20.1. The van der Waals surface area contributed by atoms with Crippen molar-refractivity contribution >= 4 is 24.2 Å². The number of ether oxygens (including phenoxy) is 2. The third-order valence-electron chi connectivity index (χ3n) is 3.88. The van der Waals surface area contributed by atoms with Gasteiger partial charge in [0.25, 0.3) is 5.91 Å². The first-order valence-corrected chi connectivity index (χ1v) is 7.54. The molecule has 1 heterocycles. The highest BCUT2D eigenvalue weighted by atomic mass is 35.5. The van der Waals surface area contributed by atoms with Crippen molar-refractivity contribution in [2.45, 2.75) is 0 Å². The number of carbonyl (C=O) groups is 2. The molecule has 1 aromatic rings. The normalized spacial score (nSPS) is 14.0. The van der Waals surface area contributed by atoms with E-state index >= 15 is 0 Å². The van der Waals surface area contributed by atoms with Crippen LogP contribution in [0.2, 0.25) is 0 Å². The van der Waals surface area contributed by atoms with E-state index in [9.17, 15) is 9.59 Å². The summed E-state index contributed by atoms with van der Waals surface area (Å²) >= 11 is 0. The molecule has 2 rings (SSSR count). The number of piperazine rings is 1. The zero-order chi connectivity index (χ0) is 16.8. The van der Waals surface area contributed by atoms with Gasteiger partial charge in [-0.1, -0.05) is 0 Å². The summed E-state index contributed by atoms with van der Waals surface area (Å²) < 4.78 is 10.4. The predicted molar refractivity (Wildman–Crippen MR) is 93.2 cm³/mol. The molecular formula is C16H24ClN3O4. The van der Waals surface area contributed by atoms with Gasteiger partial charge in [-0.2, -0.15) is 0 Å². The Hall–Kier alpha value is -1.99. The summed E-state index contributed by atoms with van der Waals surface area (Å²) in [6.07, 6.45) is 0. The molecule has 0 unspecified atom stereocenters. The minimum absolute atomic E-state index is 0. The van der Waals surface area contributed by atoms with Crippen molar-refractivity contribution in [2.24, 2.45) is 0 Å². The maximum absolute atomic E-state index is 12.6. The molecular weight excluding hydrogens is 334 g/mol. The lowest BCUT2D eigenvalue weighted by molar-refractivity contribution is -0.131. The molecule has 1 N–H and O–H groups in total. The lowest BCUT2D eigenvalue weighted by Gasteiger charge is -2.34. The Balaban J connectivity index is 0.00000288. The van der Waals surface area contributed by atoms with Crippen molar-refractivity contribution < 1.29 is 19.1 Å². The van der Waals surface area contributed by atoms with Crippen molar-refractivity contribution in [3.63, 3.8) is 0 Å². The van der Waals surface area contributed by atoms with Gasteiger partial charge in [-0.3, -0.25) is 9.59 Å². The predicted octanol–water partition coefficient (Wildman–Crippen LogP) is 0.629. The number of hydrogen-bond donors (Lipinski definition) is 1. The minimum atomic E-state index is -0.0633. The fourth-order valence-electron chi connectivity index (χ4n) is 2.57. The Morgan fingerprint density at radius 1 is 1.04 bits per heavy atom. The van der Waals surface area contributed by atoms with Crippen LogP contribution in [-0.4, -0.2) is 75.6 Å². The number of benzene rings is 1. The van der Waals surface area contributed by atoms with Crippen molar-refractivity contribution in [2.75, 3.05) is 54.0 Å². The van der Waals surface area contributed by atoms with Crippen LogP contribution in [0.4, 0.5) is 0 Å². The van der Waals surface area contributed by atoms with E-state index in [1.165, 1.54) is 7.11 Å². The van der Waals surface area contributed by atoms with Crippen molar-refractivity contribution in [3.05, 3.63) is 23.8 Å². The molecule has 0 atom stereocenters. The van der Waals surface area contributed by atoms with E-state index in [0.717, 1.165) is 0 Å². The Bertz CT molecular complexity index is 574. The number of rotatable bonds is 5. The van der Waals surface area contributed by atoms with Gasteiger partial charge in [-0.25, -0.2) is 0 Å². The second-order valence-corrected chi connectivity index (χ2v) is 5.27. The smallest absolute Gasteiger partial charge is 0.254 e. The summed E-state index contributed by atoms with van der Waals surface area (Å²) in [7, 11) is 4.84. The SMILES string of the molecule is CNCC(=O)N1CCN(C(=O)c2ccc(OC)c(OC)c2)CC1.Cl. The maximum Gasteiger partial charge on any atom is 0.254 e. The third kappa shape index (κ3) is 4.52. The van der Waals surface area contributed by atoms with Gasteiger partial charge >= 0.3 is 0 Å². The quantitative estimate of drug-likeness (QED) is 0.837. The topological polar surface area (TPSA) is 71.1 Å². The van der Waals surface area contributed by atoms with Gasteiger partial charge in [0.1, 0.15) is 0 Å². The second kappa shape index (κ2) is 9.34. The van der Waals surface area contributed by atoms with E-state index < -0.39 is 0 Å².